The highest BCUT2D eigenvalue weighted by atomic mass is 16.6. The van der Waals surface area contributed by atoms with Crippen molar-refractivity contribution in [2.75, 3.05) is 12.3 Å². The molecule has 1 aliphatic heterocycles. The molecule has 0 amide bonds. The van der Waals surface area contributed by atoms with E-state index in [0.29, 0.717) is 0 Å². The fourth-order valence-electron chi connectivity index (χ4n) is 2.92. The van der Waals surface area contributed by atoms with E-state index >= 15 is 0 Å². The van der Waals surface area contributed by atoms with Gasteiger partial charge < -0.3 is 19.9 Å². The zero-order chi connectivity index (χ0) is 21.3. The molecule has 0 aliphatic carbocycles. The first-order chi connectivity index (χ1) is 13.7. The van der Waals surface area contributed by atoms with E-state index in [4.69, 9.17) is 19.9 Å². The topological polar surface area (TPSA) is 151 Å². The Bertz CT molecular complexity index is 965. The molecule has 1 saturated heterocycles. The number of anilines is 1. The molecule has 2 aromatic heterocycles. The normalized spacial score (nSPS) is 21.8. The summed E-state index contributed by atoms with van der Waals surface area (Å²) in [5, 5.41) is 0. The number of carbonyl (C=O) groups excluding carboxylic acids is 2. The minimum atomic E-state index is -0.665. The van der Waals surface area contributed by atoms with Crippen LogP contribution in [0.15, 0.2) is 11.1 Å². The number of hydrogen-bond donors (Lipinski definition) is 2. The summed E-state index contributed by atoms with van der Waals surface area (Å²) in [7, 11) is 0. The summed E-state index contributed by atoms with van der Waals surface area (Å²) < 4.78 is 18.4. The molecule has 0 unspecified atom stereocenters. The van der Waals surface area contributed by atoms with Crippen molar-refractivity contribution in [2.45, 2.75) is 52.6 Å². The van der Waals surface area contributed by atoms with Crippen molar-refractivity contribution in [3.63, 3.8) is 0 Å². The number of fused-ring (bicyclic) bond motifs is 1. The van der Waals surface area contributed by atoms with Gasteiger partial charge in [0.1, 0.15) is 25.0 Å². The number of nitrogens with one attached hydrogen (secondary N) is 1. The van der Waals surface area contributed by atoms with E-state index in [0.717, 1.165) is 0 Å². The van der Waals surface area contributed by atoms with Crippen LogP contribution in [0.25, 0.3) is 11.2 Å². The number of carbonyl (C=O) groups is 2. The van der Waals surface area contributed by atoms with Crippen LogP contribution in [0.4, 0.5) is 5.95 Å². The molecular formula is C18H25N5O6. The lowest BCUT2D eigenvalue weighted by Gasteiger charge is -2.20. The maximum Gasteiger partial charge on any atom is 0.308 e. The fourth-order valence-corrected chi connectivity index (χ4v) is 2.92. The molecule has 0 aromatic carbocycles. The zero-order valence-electron chi connectivity index (χ0n) is 16.7. The van der Waals surface area contributed by atoms with Gasteiger partial charge in [0, 0.05) is 6.42 Å². The summed E-state index contributed by atoms with van der Waals surface area (Å²) in [4.78, 5) is 46.5. The van der Waals surface area contributed by atoms with Gasteiger partial charge in [-0.3, -0.25) is 23.9 Å². The lowest BCUT2D eigenvalue weighted by atomic mass is 10.1. The third-order valence-corrected chi connectivity index (χ3v) is 4.54. The van der Waals surface area contributed by atoms with E-state index in [2.05, 4.69) is 15.0 Å². The molecule has 0 radical (unpaired) electrons. The molecule has 1 aliphatic rings. The Labute approximate surface area is 166 Å². The molecule has 3 heterocycles. The van der Waals surface area contributed by atoms with Crippen LogP contribution in [0.5, 0.6) is 0 Å². The van der Waals surface area contributed by atoms with Gasteiger partial charge in [-0.1, -0.05) is 27.7 Å². The molecule has 0 bridgehead atoms. The Balaban J connectivity index is 1.84. The number of ether oxygens (including phenoxy) is 3. The minimum absolute atomic E-state index is 0.0487. The second-order valence-corrected chi connectivity index (χ2v) is 7.55. The Kier molecular flexibility index (Phi) is 5.87. The van der Waals surface area contributed by atoms with Crippen molar-refractivity contribution in [1.29, 1.82) is 0 Å². The molecule has 3 N–H and O–H groups in total. The second kappa shape index (κ2) is 8.19. The van der Waals surface area contributed by atoms with Gasteiger partial charge in [-0.25, -0.2) is 4.98 Å². The van der Waals surface area contributed by atoms with Crippen molar-refractivity contribution < 1.29 is 23.8 Å². The highest BCUT2D eigenvalue weighted by molar-refractivity contribution is 5.72. The summed E-state index contributed by atoms with van der Waals surface area (Å²) in [6, 6.07) is 0. The number of rotatable bonds is 6. The van der Waals surface area contributed by atoms with E-state index < -0.39 is 24.0 Å². The van der Waals surface area contributed by atoms with E-state index in [1.807, 2.05) is 0 Å². The number of esters is 2. The predicted molar refractivity (Wildman–Crippen MR) is 102 cm³/mol. The van der Waals surface area contributed by atoms with Gasteiger partial charge in [0.25, 0.3) is 5.56 Å². The second-order valence-electron chi connectivity index (χ2n) is 7.55. The monoisotopic (exact) mass is 407 g/mol. The van der Waals surface area contributed by atoms with Gasteiger partial charge >= 0.3 is 11.9 Å². The van der Waals surface area contributed by atoms with Crippen molar-refractivity contribution in [1.82, 2.24) is 19.5 Å². The number of nitrogens with zero attached hydrogens (tertiary/aromatic N) is 3. The standard InChI is InChI=1S/C18H25N5O6/c1-8(2)16(25)27-6-11-10(29-17(26)9(3)4)5-12(28-11)23-7-20-13-14(23)21-18(19)22-15(13)24/h7-12H,5-6H2,1-4H3,(H3,19,21,22,24)/t10-,11+,12+/m0/s1. The van der Waals surface area contributed by atoms with Crippen LogP contribution in [0.2, 0.25) is 0 Å². The number of H-pyrrole nitrogens is 1. The molecule has 158 valence electrons. The molecule has 3 rings (SSSR count). The summed E-state index contributed by atoms with van der Waals surface area (Å²) in [5.74, 6) is -1.41. The summed E-state index contributed by atoms with van der Waals surface area (Å²) in [5.41, 5.74) is 5.55. The van der Waals surface area contributed by atoms with Crippen molar-refractivity contribution in [2.24, 2.45) is 11.8 Å². The van der Waals surface area contributed by atoms with Gasteiger partial charge in [-0.2, -0.15) is 4.98 Å². The number of aromatic amines is 1. The lowest BCUT2D eigenvalue weighted by molar-refractivity contribution is -0.162. The molecule has 0 spiro atoms. The van der Waals surface area contributed by atoms with Gasteiger partial charge in [0.15, 0.2) is 11.2 Å². The van der Waals surface area contributed by atoms with Crippen LogP contribution in [0, 0.1) is 11.8 Å². The number of hydrogen-bond acceptors (Lipinski definition) is 9. The van der Waals surface area contributed by atoms with E-state index in [1.165, 1.54) is 6.33 Å². The molecular weight excluding hydrogens is 382 g/mol. The smallest absolute Gasteiger partial charge is 0.308 e. The number of imidazole rings is 1. The van der Waals surface area contributed by atoms with Gasteiger partial charge in [-0.15, -0.1) is 0 Å². The van der Waals surface area contributed by atoms with Gasteiger partial charge in [0.2, 0.25) is 5.95 Å². The van der Waals surface area contributed by atoms with Crippen molar-refractivity contribution >= 4 is 29.1 Å². The van der Waals surface area contributed by atoms with E-state index in [9.17, 15) is 14.4 Å². The lowest BCUT2D eigenvalue weighted by Crippen LogP contribution is -2.33. The predicted octanol–water partition coefficient (Wildman–Crippen LogP) is 0.756. The quantitative estimate of drug-likeness (QED) is 0.661. The molecule has 3 atom stereocenters. The Morgan fingerprint density at radius 3 is 2.66 bits per heavy atom. The first-order valence-electron chi connectivity index (χ1n) is 9.42. The molecule has 11 heteroatoms. The minimum Gasteiger partial charge on any atom is -0.463 e. The van der Waals surface area contributed by atoms with Crippen molar-refractivity contribution in [3.05, 3.63) is 16.7 Å². The zero-order valence-corrected chi connectivity index (χ0v) is 16.7. The van der Waals surface area contributed by atoms with Crippen LogP contribution >= 0.6 is 0 Å². The Hall–Kier alpha value is -2.95. The van der Waals surface area contributed by atoms with E-state index in [-0.39, 0.29) is 53.9 Å². The largest absolute Gasteiger partial charge is 0.463 e. The SMILES string of the molecule is CC(C)C(=O)OC[C@H]1O[C@@H](n2cnc3c(=O)[nH]c(N)nc32)C[C@@H]1OC(=O)C(C)C. The number of aromatic nitrogens is 4. The van der Waals surface area contributed by atoms with Crippen LogP contribution in [0.1, 0.15) is 40.3 Å². The average Bonchev–Trinajstić information content (AvgIpc) is 3.23. The molecule has 1 fully saturated rings. The van der Waals surface area contributed by atoms with Gasteiger partial charge in [0.05, 0.1) is 18.2 Å². The summed E-state index contributed by atoms with van der Waals surface area (Å²) >= 11 is 0. The Morgan fingerprint density at radius 1 is 1.31 bits per heavy atom. The van der Waals surface area contributed by atoms with Crippen LogP contribution < -0.4 is 11.3 Å². The average molecular weight is 407 g/mol. The molecule has 11 nitrogen and oxygen atoms in total. The van der Waals surface area contributed by atoms with Crippen molar-refractivity contribution in [3.8, 4) is 0 Å². The van der Waals surface area contributed by atoms with E-state index in [1.54, 1.807) is 32.3 Å². The van der Waals surface area contributed by atoms with Gasteiger partial charge in [-0.05, 0) is 0 Å². The third-order valence-electron chi connectivity index (χ3n) is 4.54. The fraction of sp³-hybridized carbons (Fsp3) is 0.611. The summed E-state index contributed by atoms with van der Waals surface area (Å²) in [6.07, 6.45) is -0.224. The number of nitrogens with two attached hydrogens (primary N) is 1. The molecule has 29 heavy (non-hydrogen) atoms. The van der Waals surface area contributed by atoms with Crippen LogP contribution in [-0.4, -0.2) is 50.3 Å². The maximum atomic E-state index is 12.1. The molecule has 0 saturated carbocycles. The first kappa shape index (κ1) is 20.8. The molecule has 2 aromatic rings. The highest BCUT2D eigenvalue weighted by Crippen LogP contribution is 2.33. The number of nitrogen functional groups attached to an aromatic ring is 1. The van der Waals surface area contributed by atoms with Crippen LogP contribution in [-0.2, 0) is 23.8 Å². The highest BCUT2D eigenvalue weighted by Gasteiger charge is 2.40. The summed E-state index contributed by atoms with van der Waals surface area (Å²) in [6.45, 7) is 6.84. The Morgan fingerprint density at radius 2 is 2.00 bits per heavy atom. The first-order valence-corrected chi connectivity index (χ1v) is 9.42. The third kappa shape index (κ3) is 4.39. The van der Waals surface area contributed by atoms with Crippen LogP contribution in [0.3, 0.4) is 0 Å². The maximum absolute atomic E-state index is 12.1.